The number of carbonyl (C=O) groups is 1. The van der Waals surface area contributed by atoms with Gasteiger partial charge in [0.1, 0.15) is 11.5 Å². The van der Waals surface area contributed by atoms with Crippen molar-refractivity contribution in [3.8, 4) is 22.7 Å². The van der Waals surface area contributed by atoms with E-state index in [1.54, 1.807) is 18.2 Å². The third-order valence-corrected chi connectivity index (χ3v) is 5.23. The number of amides is 1. The van der Waals surface area contributed by atoms with Crippen LogP contribution in [0.2, 0.25) is 0 Å². The monoisotopic (exact) mass is 381 g/mol. The van der Waals surface area contributed by atoms with Gasteiger partial charge < -0.3 is 14.3 Å². The number of halogens is 1. The van der Waals surface area contributed by atoms with Crippen molar-refractivity contribution in [2.75, 3.05) is 6.54 Å². The summed E-state index contributed by atoms with van der Waals surface area (Å²) in [6, 6.07) is 10.2. The molecule has 1 fully saturated rings. The van der Waals surface area contributed by atoms with E-state index in [-0.39, 0.29) is 17.5 Å². The molecule has 4 rings (SSSR count). The second-order valence-electron chi connectivity index (χ2n) is 7.21. The lowest BCUT2D eigenvalue weighted by molar-refractivity contribution is 0.0927. The van der Waals surface area contributed by atoms with Crippen molar-refractivity contribution in [3.05, 3.63) is 54.3 Å². The molecule has 0 bridgehead atoms. The maximum Gasteiger partial charge on any atom is 0.287 e. The first-order valence-corrected chi connectivity index (χ1v) is 9.88. The van der Waals surface area contributed by atoms with Crippen molar-refractivity contribution in [3.63, 3.8) is 0 Å². The van der Waals surface area contributed by atoms with E-state index in [2.05, 4.69) is 14.9 Å². The predicted molar refractivity (Wildman–Crippen MR) is 105 cm³/mol. The molecule has 0 radical (unpaired) electrons. The maximum absolute atomic E-state index is 13.4. The maximum atomic E-state index is 13.4. The number of carbonyl (C=O) groups excluding carboxylic acids is 1. The average molecular weight is 381 g/mol. The van der Waals surface area contributed by atoms with Crippen molar-refractivity contribution >= 4 is 5.91 Å². The highest BCUT2D eigenvalue weighted by atomic mass is 19.1. The molecule has 6 heteroatoms. The molecule has 1 aliphatic rings. The minimum atomic E-state index is -0.284. The number of imidazole rings is 1. The van der Waals surface area contributed by atoms with Crippen LogP contribution in [0.15, 0.2) is 47.1 Å². The van der Waals surface area contributed by atoms with Crippen LogP contribution in [0.25, 0.3) is 22.7 Å². The SMILES string of the molecule is CCCNC(=O)c1ccc(-c2c(-c3ccc(F)cc3)ncn2C2CCCC2)o1. The average Bonchev–Trinajstić information content (AvgIpc) is 3.45. The first-order valence-electron chi connectivity index (χ1n) is 9.88. The Kier molecular flexibility index (Phi) is 5.28. The molecule has 2 aromatic heterocycles. The normalized spacial score (nSPS) is 14.5. The van der Waals surface area contributed by atoms with Crippen LogP contribution in [0.4, 0.5) is 4.39 Å². The largest absolute Gasteiger partial charge is 0.449 e. The van der Waals surface area contributed by atoms with Crippen molar-refractivity contribution in [1.82, 2.24) is 14.9 Å². The van der Waals surface area contributed by atoms with Crippen molar-refractivity contribution in [1.29, 1.82) is 0 Å². The van der Waals surface area contributed by atoms with Crippen molar-refractivity contribution < 1.29 is 13.6 Å². The zero-order chi connectivity index (χ0) is 19.5. The lowest BCUT2D eigenvalue weighted by atomic mass is 10.1. The standard InChI is InChI=1S/C22H24FN3O2/c1-2-13-24-22(27)19-12-11-18(28-19)21-20(15-7-9-16(23)10-8-15)25-14-26(21)17-5-3-4-6-17/h7-12,14,17H,2-6,13H2,1H3,(H,24,27). The van der Waals surface area contributed by atoms with Crippen LogP contribution in [0.3, 0.4) is 0 Å². The van der Waals surface area contributed by atoms with Gasteiger partial charge in [0.05, 0.1) is 12.0 Å². The van der Waals surface area contributed by atoms with Crippen LogP contribution < -0.4 is 5.32 Å². The van der Waals surface area contributed by atoms with Crippen molar-refractivity contribution in [2.45, 2.75) is 45.1 Å². The Morgan fingerprint density at radius 3 is 2.68 bits per heavy atom. The number of benzene rings is 1. The van der Waals surface area contributed by atoms with E-state index in [1.165, 1.54) is 25.0 Å². The fraction of sp³-hybridized carbons (Fsp3) is 0.364. The second-order valence-corrected chi connectivity index (χ2v) is 7.21. The van der Waals surface area contributed by atoms with Gasteiger partial charge >= 0.3 is 0 Å². The molecule has 1 aromatic carbocycles. The summed E-state index contributed by atoms with van der Waals surface area (Å²) in [7, 11) is 0. The van der Waals surface area contributed by atoms with Crippen LogP contribution in [-0.2, 0) is 0 Å². The summed E-state index contributed by atoms with van der Waals surface area (Å²) in [5, 5.41) is 2.83. The van der Waals surface area contributed by atoms with Gasteiger partial charge in [0.25, 0.3) is 5.91 Å². The van der Waals surface area contributed by atoms with E-state index >= 15 is 0 Å². The molecular formula is C22H24FN3O2. The third-order valence-electron chi connectivity index (χ3n) is 5.23. The quantitative estimate of drug-likeness (QED) is 0.638. The van der Waals surface area contributed by atoms with Crippen LogP contribution in [0, 0.1) is 5.82 Å². The summed E-state index contributed by atoms with van der Waals surface area (Å²) in [5.41, 5.74) is 2.40. The number of nitrogens with zero attached hydrogens (tertiary/aromatic N) is 2. The zero-order valence-corrected chi connectivity index (χ0v) is 16.0. The molecule has 0 spiro atoms. The van der Waals surface area contributed by atoms with E-state index in [4.69, 9.17) is 4.42 Å². The molecule has 1 saturated carbocycles. The minimum absolute atomic E-state index is 0.219. The first-order chi connectivity index (χ1) is 13.7. The summed E-state index contributed by atoms with van der Waals surface area (Å²) in [6.45, 7) is 2.61. The van der Waals surface area contributed by atoms with Gasteiger partial charge in [-0.1, -0.05) is 19.8 Å². The van der Waals surface area contributed by atoms with Gasteiger partial charge in [-0.25, -0.2) is 9.37 Å². The molecule has 1 aliphatic carbocycles. The molecule has 0 saturated heterocycles. The molecule has 3 aromatic rings. The van der Waals surface area contributed by atoms with Gasteiger partial charge in [-0.05, 0) is 55.7 Å². The van der Waals surface area contributed by atoms with Gasteiger partial charge in [-0.2, -0.15) is 0 Å². The number of nitrogens with one attached hydrogen (secondary N) is 1. The Labute approximate surface area is 163 Å². The second kappa shape index (κ2) is 8.00. The molecule has 5 nitrogen and oxygen atoms in total. The first kappa shape index (κ1) is 18.5. The summed E-state index contributed by atoms with van der Waals surface area (Å²) in [6.07, 6.45) is 7.27. The van der Waals surface area contributed by atoms with Gasteiger partial charge in [0.15, 0.2) is 11.5 Å². The van der Waals surface area contributed by atoms with E-state index < -0.39 is 0 Å². The molecule has 1 amide bonds. The highest BCUT2D eigenvalue weighted by molar-refractivity contribution is 5.92. The molecule has 146 valence electrons. The Morgan fingerprint density at radius 1 is 1.21 bits per heavy atom. The van der Waals surface area contributed by atoms with Crippen LogP contribution in [-0.4, -0.2) is 22.0 Å². The number of aromatic nitrogens is 2. The molecule has 0 aliphatic heterocycles. The fourth-order valence-corrected chi connectivity index (χ4v) is 3.80. The molecule has 1 N–H and O–H groups in total. The van der Waals surface area contributed by atoms with Crippen LogP contribution >= 0.6 is 0 Å². The summed E-state index contributed by atoms with van der Waals surface area (Å²) < 4.78 is 21.5. The topological polar surface area (TPSA) is 60.1 Å². The van der Waals surface area contributed by atoms with E-state index in [9.17, 15) is 9.18 Å². The highest BCUT2D eigenvalue weighted by Gasteiger charge is 2.25. The molecule has 28 heavy (non-hydrogen) atoms. The van der Waals surface area contributed by atoms with Gasteiger partial charge in [0, 0.05) is 18.2 Å². The molecule has 0 atom stereocenters. The minimum Gasteiger partial charge on any atom is -0.449 e. The summed E-state index contributed by atoms with van der Waals surface area (Å²) >= 11 is 0. The van der Waals surface area contributed by atoms with E-state index in [1.807, 2.05) is 19.3 Å². The molecule has 0 unspecified atom stereocenters. The smallest absolute Gasteiger partial charge is 0.287 e. The molecular weight excluding hydrogens is 357 g/mol. The van der Waals surface area contributed by atoms with Crippen molar-refractivity contribution in [2.24, 2.45) is 0 Å². The number of hydrogen-bond acceptors (Lipinski definition) is 3. The van der Waals surface area contributed by atoms with Gasteiger partial charge in [0.2, 0.25) is 0 Å². The van der Waals surface area contributed by atoms with Gasteiger partial charge in [-0.3, -0.25) is 4.79 Å². The number of rotatable bonds is 6. The lowest BCUT2D eigenvalue weighted by Crippen LogP contribution is -2.23. The number of furan rings is 1. The lowest BCUT2D eigenvalue weighted by Gasteiger charge is -2.15. The summed E-state index contributed by atoms with van der Waals surface area (Å²) in [4.78, 5) is 16.9. The Hall–Kier alpha value is -2.89. The van der Waals surface area contributed by atoms with E-state index in [0.717, 1.165) is 36.2 Å². The fourth-order valence-electron chi connectivity index (χ4n) is 3.80. The predicted octanol–water partition coefficient (Wildman–Crippen LogP) is 5.20. The van der Waals surface area contributed by atoms with Crippen LogP contribution in [0.5, 0.6) is 0 Å². The number of hydrogen-bond donors (Lipinski definition) is 1. The Balaban J connectivity index is 1.75. The highest BCUT2D eigenvalue weighted by Crippen LogP contribution is 2.38. The third kappa shape index (κ3) is 3.59. The van der Waals surface area contributed by atoms with Crippen LogP contribution in [0.1, 0.15) is 55.6 Å². The van der Waals surface area contributed by atoms with Gasteiger partial charge in [-0.15, -0.1) is 0 Å². The summed E-state index contributed by atoms with van der Waals surface area (Å²) in [5.74, 6) is 0.384. The molecule has 2 heterocycles. The van der Waals surface area contributed by atoms with E-state index in [0.29, 0.717) is 18.3 Å². The Bertz CT molecular complexity index is 953. The zero-order valence-electron chi connectivity index (χ0n) is 16.0. The Morgan fingerprint density at radius 2 is 1.96 bits per heavy atom.